The number of hydrogen-bond donors (Lipinski definition) is 2. The van der Waals surface area contributed by atoms with Crippen LogP contribution in [0.15, 0.2) is 54.1 Å². The number of para-hydroxylation sites is 1. The highest BCUT2D eigenvalue weighted by atomic mass is 16.5. The zero-order chi connectivity index (χ0) is 15.9. The summed E-state index contributed by atoms with van der Waals surface area (Å²) < 4.78 is 4.99. The van der Waals surface area contributed by atoms with Gasteiger partial charge in [0.1, 0.15) is 11.6 Å². The van der Waals surface area contributed by atoms with Gasteiger partial charge in [-0.1, -0.05) is 24.3 Å². The third kappa shape index (κ3) is 3.64. The molecule has 5 heteroatoms. The number of methoxy groups -OCH3 is 1. The molecule has 110 valence electrons. The Balaban J connectivity index is 2.24. The van der Waals surface area contributed by atoms with E-state index >= 15 is 0 Å². The molecular formula is C17H14N2O3. The van der Waals surface area contributed by atoms with Crippen molar-refractivity contribution in [1.82, 2.24) is 0 Å². The molecule has 0 aliphatic rings. The molecule has 0 aliphatic carbocycles. The number of nitrogens with one attached hydrogen (secondary N) is 1. The molecule has 0 atom stereocenters. The third-order valence-electron chi connectivity index (χ3n) is 2.91. The van der Waals surface area contributed by atoms with Crippen LogP contribution < -0.4 is 10.1 Å². The first-order valence-corrected chi connectivity index (χ1v) is 6.49. The second-order valence-corrected chi connectivity index (χ2v) is 4.42. The number of amides is 1. The number of ether oxygens (including phenoxy) is 1. The zero-order valence-corrected chi connectivity index (χ0v) is 11.9. The molecule has 2 aromatic carbocycles. The lowest BCUT2D eigenvalue weighted by Crippen LogP contribution is -2.13. The van der Waals surface area contributed by atoms with Gasteiger partial charge in [-0.25, -0.2) is 0 Å². The van der Waals surface area contributed by atoms with E-state index in [0.717, 1.165) is 0 Å². The maximum absolute atomic E-state index is 12.1. The standard InChI is InChI=1S/C17H14N2O3/c1-22-16-10-12(7-8-15(16)20)9-13(11-18)17(21)19-14-5-3-2-4-6-14/h2-10,20H,1H3,(H,19,21)/b13-9+. The quantitative estimate of drug-likeness (QED) is 0.671. The fourth-order valence-corrected chi connectivity index (χ4v) is 1.82. The second-order valence-electron chi connectivity index (χ2n) is 4.42. The van der Waals surface area contributed by atoms with E-state index in [-0.39, 0.29) is 17.1 Å². The van der Waals surface area contributed by atoms with Crippen molar-refractivity contribution >= 4 is 17.7 Å². The molecule has 2 aromatic rings. The van der Waals surface area contributed by atoms with Gasteiger partial charge in [0.15, 0.2) is 11.5 Å². The van der Waals surface area contributed by atoms with Crippen molar-refractivity contribution in [2.24, 2.45) is 0 Å². The van der Waals surface area contributed by atoms with E-state index in [1.54, 1.807) is 36.4 Å². The van der Waals surface area contributed by atoms with Crippen LogP contribution in [0.1, 0.15) is 5.56 Å². The summed E-state index contributed by atoms with van der Waals surface area (Å²) >= 11 is 0. The van der Waals surface area contributed by atoms with Crippen LogP contribution in [0.2, 0.25) is 0 Å². The predicted molar refractivity (Wildman–Crippen MR) is 83.3 cm³/mol. The van der Waals surface area contributed by atoms with Crippen molar-refractivity contribution in [2.75, 3.05) is 12.4 Å². The summed E-state index contributed by atoms with van der Waals surface area (Å²) in [5.41, 5.74) is 1.14. The summed E-state index contributed by atoms with van der Waals surface area (Å²) in [6.45, 7) is 0. The van der Waals surface area contributed by atoms with Crippen LogP contribution in [-0.4, -0.2) is 18.1 Å². The van der Waals surface area contributed by atoms with E-state index in [1.807, 2.05) is 12.1 Å². The minimum atomic E-state index is -0.499. The number of nitrogens with zero attached hydrogens (tertiary/aromatic N) is 1. The molecule has 2 N–H and O–H groups in total. The first-order chi connectivity index (χ1) is 10.6. The number of rotatable bonds is 4. The number of carbonyl (C=O) groups excluding carboxylic acids is 1. The van der Waals surface area contributed by atoms with Gasteiger partial charge in [0.2, 0.25) is 0 Å². The van der Waals surface area contributed by atoms with E-state index in [9.17, 15) is 9.90 Å². The van der Waals surface area contributed by atoms with Gasteiger partial charge in [0.05, 0.1) is 7.11 Å². The van der Waals surface area contributed by atoms with Crippen molar-refractivity contribution in [3.05, 3.63) is 59.7 Å². The van der Waals surface area contributed by atoms with Gasteiger partial charge in [0.25, 0.3) is 5.91 Å². The molecule has 0 spiro atoms. The molecule has 0 saturated heterocycles. The molecular weight excluding hydrogens is 280 g/mol. The van der Waals surface area contributed by atoms with Gasteiger partial charge < -0.3 is 15.2 Å². The predicted octanol–water partition coefficient (Wildman–Crippen LogP) is 2.95. The summed E-state index contributed by atoms with van der Waals surface area (Å²) in [5.74, 6) is -0.234. The van der Waals surface area contributed by atoms with Crippen LogP contribution in [0, 0.1) is 11.3 Å². The van der Waals surface area contributed by atoms with Crippen molar-refractivity contribution in [3.63, 3.8) is 0 Å². The summed E-state index contributed by atoms with van der Waals surface area (Å²) in [6, 6.07) is 15.3. The highest BCUT2D eigenvalue weighted by Crippen LogP contribution is 2.27. The van der Waals surface area contributed by atoms with Gasteiger partial charge >= 0.3 is 0 Å². The van der Waals surface area contributed by atoms with Crippen molar-refractivity contribution in [1.29, 1.82) is 5.26 Å². The molecule has 0 aliphatic heterocycles. The summed E-state index contributed by atoms with van der Waals surface area (Å²) in [5, 5.41) is 21.3. The fraction of sp³-hybridized carbons (Fsp3) is 0.0588. The van der Waals surface area contributed by atoms with Crippen molar-refractivity contribution in [2.45, 2.75) is 0 Å². The fourth-order valence-electron chi connectivity index (χ4n) is 1.82. The van der Waals surface area contributed by atoms with Crippen molar-refractivity contribution in [3.8, 4) is 17.6 Å². The largest absolute Gasteiger partial charge is 0.504 e. The van der Waals surface area contributed by atoms with Crippen LogP contribution in [0.25, 0.3) is 6.08 Å². The lowest BCUT2D eigenvalue weighted by atomic mass is 10.1. The zero-order valence-electron chi connectivity index (χ0n) is 11.9. The van der Waals surface area contributed by atoms with Gasteiger partial charge in [0, 0.05) is 5.69 Å². The molecule has 2 rings (SSSR count). The van der Waals surface area contributed by atoms with Crippen LogP contribution in [0.3, 0.4) is 0 Å². The summed E-state index contributed by atoms with van der Waals surface area (Å²) in [7, 11) is 1.43. The van der Waals surface area contributed by atoms with Gasteiger partial charge in [-0.3, -0.25) is 4.79 Å². The number of phenols is 1. The molecule has 0 saturated carbocycles. The van der Waals surface area contributed by atoms with Crippen LogP contribution in [0.5, 0.6) is 11.5 Å². The lowest BCUT2D eigenvalue weighted by Gasteiger charge is -2.05. The molecule has 0 heterocycles. The molecule has 5 nitrogen and oxygen atoms in total. The Morgan fingerprint density at radius 1 is 1.27 bits per heavy atom. The molecule has 0 radical (unpaired) electrons. The van der Waals surface area contributed by atoms with Crippen molar-refractivity contribution < 1.29 is 14.6 Å². The Morgan fingerprint density at radius 3 is 2.64 bits per heavy atom. The Bertz CT molecular complexity index is 746. The van der Waals surface area contributed by atoms with Crippen LogP contribution >= 0.6 is 0 Å². The first-order valence-electron chi connectivity index (χ1n) is 6.49. The summed E-state index contributed by atoms with van der Waals surface area (Å²) in [4.78, 5) is 12.1. The number of hydrogen-bond acceptors (Lipinski definition) is 4. The molecule has 1 amide bonds. The number of benzene rings is 2. The molecule has 0 fully saturated rings. The maximum Gasteiger partial charge on any atom is 0.266 e. The molecule has 0 unspecified atom stereocenters. The van der Waals surface area contributed by atoms with Gasteiger partial charge in [-0.2, -0.15) is 5.26 Å². The van der Waals surface area contributed by atoms with E-state index in [2.05, 4.69) is 5.32 Å². The first kappa shape index (κ1) is 15.1. The van der Waals surface area contributed by atoms with Gasteiger partial charge in [-0.15, -0.1) is 0 Å². The van der Waals surface area contributed by atoms with E-state index in [0.29, 0.717) is 11.3 Å². The molecule has 22 heavy (non-hydrogen) atoms. The second kappa shape index (κ2) is 6.95. The monoisotopic (exact) mass is 294 g/mol. The van der Waals surface area contributed by atoms with Gasteiger partial charge in [-0.05, 0) is 35.9 Å². The Morgan fingerprint density at radius 2 is 2.00 bits per heavy atom. The van der Waals surface area contributed by atoms with E-state index in [1.165, 1.54) is 19.3 Å². The molecule has 0 bridgehead atoms. The lowest BCUT2D eigenvalue weighted by molar-refractivity contribution is -0.112. The average molecular weight is 294 g/mol. The number of phenolic OH excluding ortho intramolecular Hbond substituents is 1. The maximum atomic E-state index is 12.1. The summed E-state index contributed by atoms with van der Waals surface area (Å²) in [6.07, 6.45) is 1.43. The highest BCUT2D eigenvalue weighted by molar-refractivity contribution is 6.09. The minimum Gasteiger partial charge on any atom is -0.504 e. The Kier molecular flexibility index (Phi) is 4.78. The number of anilines is 1. The Hall–Kier alpha value is -3.26. The number of carbonyl (C=O) groups is 1. The van der Waals surface area contributed by atoms with E-state index < -0.39 is 5.91 Å². The SMILES string of the molecule is COc1cc(/C=C(\C#N)C(=O)Nc2ccccc2)ccc1O. The van der Waals surface area contributed by atoms with Crippen LogP contribution in [-0.2, 0) is 4.79 Å². The normalized spacial score (nSPS) is 10.6. The van der Waals surface area contributed by atoms with E-state index in [4.69, 9.17) is 10.00 Å². The molecule has 0 aromatic heterocycles. The van der Waals surface area contributed by atoms with Crippen LogP contribution in [0.4, 0.5) is 5.69 Å². The number of aromatic hydroxyl groups is 1. The topological polar surface area (TPSA) is 82.3 Å². The number of nitriles is 1. The Labute approximate surface area is 128 Å². The average Bonchev–Trinajstić information content (AvgIpc) is 2.54. The highest BCUT2D eigenvalue weighted by Gasteiger charge is 2.10. The smallest absolute Gasteiger partial charge is 0.266 e. The minimum absolute atomic E-state index is 0.00750. The third-order valence-corrected chi connectivity index (χ3v) is 2.91.